The molecule has 0 bridgehead atoms. The number of carbonyl (C=O) groups is 1. The van der Waals surface area contributed by atoms with Crippen molar-refractivity contribution in [2.24, 2.45) is 0 Å². The van der Waals surface area contributed by atoms with E-state index >= 15 is 0 Å². The predicted octanol–water partition coefficient (Wildman–Crippen LogP) is 3.77. The lowest BCUT2D eigenvalue weighted by Gasteiger charge is -2.40. The van der Waals surface area contributed by atoms with Crippen molar-refractivity contribution >= 4 is 14.3 Å². The van der Waals surface area contributed by atoms with Gasteiger partial charge in [0.1, 0.15) is 0 Å². The molecule has 0 aromatic carbocycles. The first-order valence-corrected chi connectivity index (χ1v) is 10.7. The highest BCUT2D eigenvalue weighted by atomic mass is 28.4. The predicted molar refractivity (Wildman–Crippen MR) is 91.8 cm³/mol. The van der Waals surface area contributed by atoms with Crippen LogP contribution in [-0.4, -0.2) is 50.1 Å². The zero-order chi connectivity index (χ0) is 17.0. The van der Waals surface area contributed by atoms with E-state index in [4.69, 9.17) is 9.26 Å². The van der Waals surface area contributed by atoms with Crippen molar-refractivity contribution in [3.05, 3.63) is 24.9 Å². The van der Waals surface area contributed by atoms with Crippen molar-refractivity contribution in [1.82, 2.24) is 9.96 Å². The van der Waals surface area contributed by atoms with Gasteiger partial charge in [0.25, 0.3) is 0 Å². The summed E-state index contributed by atoms with van der Waals surface area (Å²) >= 11 is 0. The third-order valence-electron chi connectivity index (χ3n) is 4.37. The molecule has 0 radical (unpaired) electrons. The van der Waals surface area contributed by atoms with E-state index in [-0.39, 0.29) is 17.1 Å². The van der Waals surface area contributed by atoms with Crippen molar-refractivity contribution in [2.45, 2.75) is 51.9 Å². The lowest BCUT2D eigenvalue weighted by Crippen LogP contribution is -2.52. The summed E-state index contributed by atoms with van der Waals surface area (Å²) in [7, 11) is -1.82. The lowest BCUT2D eigenvalue weighted by atomic mass is 10.2. The summed E-state index contributed by atoms with van der Waals surface area (Å²) in [6, 6.07) is -0.203. The molecule has 6 heteroatoms. The van der Waals surface area contributed by atoms with Gasteiger partial charge in [-0.1, -0.05) is 26.8 Å². The maximum Gasteiger partial charge on any atom is 0.348 e. The molecule has 1 atom stereocenters. The Morgan fingerprint density at radius 2 is 2.05 bits per heavy atom. The fourth-order valence-corrected chi connectivity index (χ4v) is 2.89. The summed E-state index contributed by atoms with van der Waals surface area (Å²) in [5.41, 5.74) is 0. The maximum atomic E-state index is 12.4. The van der Waals surface area contributed by atoms with Crippen LogP contribution >= 0.6 is 0 Å². The summed E-state index contributed by atoms with van der Waals surface area (Å²) in [5.74, 6) is 0. The van der Waals surface area contributed by atoms with Crippen LogP contribution in [0.1, 0.15) is 27.7 Å². The first-order chi connectivity index (χ1) is 10.1. The molecule has 0 unspecified atom stereocenters. The molecule has 0 N–H and O–H groups in total. The minimum atomic E-state index is -1.82. The number of carbonyl (C=O) groups excluding carboxylic acids is 1. The van der Waals surface area contributed by atoms with Crippen LogP contribution in [0.25, 0.3) is 0 Å². The highest BCUT2D eigenvalue weighted by Crippen LogP contribution is 2.36. The SMILES string of the molecule is C=CCON1C=C[C@@H](CO[Si](C)(C)C(C)(C)C)N(CC)C1=O. The van der Waals surface area contributed by atoms with Crippen LogP contribution in [0, 0.1) is 0 Å². The molecule has 2 amide bonds. The molecule has 1 heterocycles. The molecule has 1 aliphatic rings. The summed E-state index contributed by atoms with van der Waals surface area (Å²) in [6.07, 6.45) is 5.25. The molecule has 0 aromatic heterocycles. The van der Waals surface area contributed by atoms with Crippen molar-refractivity contribution in [3.63, 3.8) is 0 Å². The Morgan fingerprint density at radius 3 is 2.55 bits per heavy atom. The number of hydrogen-bond donors (Lipinski definition) is 0. The standard InChI is InChI=1S/C16H30N2O3Si/c1-8-12-20-18-11-10-14(17(9-2)15(18)19)13-21-22(6,7)16(3,4)5/h8,10-11,14H,1,9,12-13H2,2-7H3/t14-/m0/s1. The number of urea groups is 1. The van der Waals surface area contributed by atoms with Gasteiger partial charge in [-0.15, -0.1) is 6.58 Å². The van der Waals surface area contributed by atoms with Gasteiger partial charge >= 0.3 is 6.03 Å². The summed E-state index contributed by atoms with van der Waals surface area (Å²) in [4.78, 5) is 19.5. The van der Waals surface area contributed by atoms with Crippen LogP contribution in [0.2, 0.25) is 18.1 Å². The zero-order valence-corrected chi connectivity index (χ0v) is 15.8. The van der Waals surface area contributed by atoms with Crippen LogP contribution in [0.4, 0.5) is 4.79 Å². The Labute approximate surface area is 135 Å². The smallest absolute Gasteiger partial charge is 0.348 e. The van der Waals surface area contributed by atoms with Crippen LogP contribution < -0.4 is 0 Å². The van der Waals surface area contributed by atoms with E-state index in [9.17, 15) is 4.79 Å². The molecule has 0 saturated heterocycles. The average molecular weight is 327 g/mol. The van der Waals surface area contributed by atoms with E-state index in [1.807, 2.05) is 13.0 Å². The first kappa shape index (κ1) is 18.9. The Kier molecular flexibility index (Phi) is 6.40. The van der Waals surface area contributed by atoms with Gasteiger partial charge in [0.15, 0.2) is 8.32 Å². The second kappa shape index (κ2) is 7.44. The summed E-state index contributed by atoms with van der Waals surface area (Å²) < 4.78 is 6.25. The molecular weight excluding hydrogens is 296 g/mol. The minimum Gasteiger partial charge on any atom is -0.414 e. The molecule has 0 saturated carbocycles. The fraction of sp³-hybridized carbons (Fsp3) is 0.688. The average Bonchev–Trinajstić information content (AvgIpc) is 2.43. The van der Waals surface area contributed by atoms with Crippen molar-refractivity contribution in [1.29, 1.82) is 0 Å². The van der Waals surface area contributed by atoms with Crippen LogP contribution in [0.5, 0.6) is 0 Å². The Bertz CT molecular complexity index is 430. The largest absolute Gasteiger partial charge is 0.414 e. The molecule has 5 nitrogen and oxygen atoms in total. The number of hydroxylamine groups is 2. The number of hydrogen-bond acceptors (Lipinski definition) is 3. The molecule has 0 spiro atoms. The van der Waals surface area contributed by atoms with E-state index in [1.165, 1.54) is 5.06 Å². The number of rotatable bonds is 7. The minimum absolute atomic E-state index is 0.0461. The topological polar surface area (TPSA) is 42.0 Å². The third-order valence-corrected chi connectivity index (χ3v) is 8.87. The first-order valence-electron chi connectivity index (χ1n) is 7.80. The van der Waals surface area contributed by atoms with Gasteiger partial charge in [-0.25, -0.2) is 4.79 Å². The van der Waals surface area contributed by atoms with Gasteiger partial charge in [0.05, 0.1) is 19.3 Å². The number of amides is 2. The van der Waals surface area contributed by atoms with E-state index < -0.39 is 8.32 Å². The van der Waals surface area contributed by atoms with E-state index in [1.54, 1.807) is 17.2 Å². The summed E-state index contributed by atoms with van der Waals surface area (Å²) in [6.45, 7) is 18.1. The molecule has 0 aromatic rings. The van der Waals surface area contributed by atoms with E-state index in [0.29, 0.717) is 19.8 Å². The lowest BCUT2D eigenvalue weighted by molar-refractivity contribution is -0.0845. The van der Waals surface area contributed by atoms with Crippen molar-refractivity contribution < 1.29 is 14.1 Å². The Hall–Kier alpha value is -1.11. The van der Waals surface area contributed by atoms with E-state index in [2.05, 4.69) is 40.4 Å². The van der Waals surface area contributed by atoms with Gasteiger partial charge in [-0.2, -0.15) is 5.06 Å². The summed E-state index contributed by atoms with van der Waals surface area (Å²) in [5, 5.41) is 1.42. The molecule has 1 aliphatic heterocycles. The normalized spacial score (nSPS) is 19.7. The van der Waals surface area contributed by atoms with Crippen LogP contribution in [-0.2, 0) is 9.26 Å². The van der Waals surface area contributed by atoms with Crippen LogP contribution in [0.15, 0.2) is 24.9 Å². The fourth-order valence-electron chi connectivity index (χ4n) is 1.87. The molecular formula is C16H30N2O3Si. The van der Waals surface area contributed by atoms with Gasteiger partial charge in [0.2, 0.25) is 0 Å². The van der Waals surface area contributed by atoms with Gasteiger partial charge < -0.3 is 9.33 Å². The van der Waals surface area contributed by atoms with Crippen molar-refractivity contribution in [2.75, 3.05) is 19.8 Å². The molecule has 1 rings (SSSR count). The highest BCUT2D eigenvalue weighted by Gasteiger charge is 2.39. The molecule has 0 aliphatic carbocycles. The zero-order valence-electron chi connectivity index (χ0n) is 14.8. The highest BCUT2D eigenvalue weighted by molar-refractivity contribution is 6.74. The Balaban J connectivity index is 2.75. The maximum absolute atomic E-state index is 12.4. The number of likely N-dealkylation sites (N-methyl/N-ethyl adjacent to an activating group) is 1. The van der Waals surface area contributed by atoms with Crippen molar-refractivity contribution in [3.8, 4) is 0 Å². The molecule has 0 fully saturated rings. The van der Waals surface area contributed by atoms with Gasteiger partial charge in [-0.05, 0) is 31.1 Å². The Morgan fingerprint density at radius 1 is 1.41 bits per heavy atom. The second-order valence-electron chi connectivity index (χ2n) is 6.96. The molecule has 126 valence electrons. The van der Waals surface area contributed by atoms with Gasteiger partial charge in [0, 0.05) is 12.7 Å². The monoisotopic (exact) mass is 326 g/mol. The molecule has 22 heavy (non-hydrogen) atoms. The van der Waals surface area contributed by atoms with Crippen LogP contribution in [0.3, 0.4) is 0 Å². The van der Waals surface area contributed by atoms with Gasteiger partial charge in [-0.3, -0.25) is 4.84 Å². The van der Waals surface area contributed by atoms with E-state index in [0.717, 1.165) is 0 Å². The number of nitrogens with zero attached hydrogens (tertiary/aromatic N) is 2. The quantitative estimate of drug-likeness (QED) is 0.528. The third kappa shape index (κ3) is 4.44. The second-order valence-corrected chi connectivity index (χ2v) is 11.8.